The zero-order chi connectivity index (χ0) is 11.0. The van der Waals surface area contributed by atoms with Crippen LogP contribution in [0.1, 0.15) is 33.1 Å². The van der Waals surface area contributed by atoms with Gasteiger partial charge in [0.1, 0.15) is 0 Å². The van der Waals surface area contributed by atoms with Crippen LogP contribution in [0.3, 0.4) is 0 Å². The Morgan fingerprint density at radius 2 is 1.64 bits per heavy atom. The van der Waals surface area contributed by atoms with Crippen LogP contribution in [-0.4, -0.2) is 18.0 Å². The Morgan fingerprint density at radius 3 is 2.00 bits per heavy atom. The second-order valence-corrected chi connectivity index (χ2v) is 3.59. The van der Waals surface area contributed by atoms with Crippen LogP contribution in [0.25, 0.3) is 0 Å². The molecule has 0 bridgehead atoms. The lowest BCUT2D eigenvalue weighted by Gasteiger charge is -2.26. The molecular formula is C13H23N. The minimum Gasteiger partial charge on any atom is -0.375 e. The number of hydrogen-bond acceptors (Lipinski definition) is 1. The van der Waals surface area contributed by atoms with Crippen molar-refractivity contribution in [3.05, 3.63) is 37.1 Å². The molecule has 0 aromatic heterocycles. The van der Waals surface area contributed by atoms with Gasteiger partial charge in [0, 0.05) is 25.2 Å². The highest BCUT2D eigenvalue weighted by Gasteiger charge is 2.05. The first-order chi connectivity index (χ1) is 6.65. The Morgan fingerprint density at radius 1 is 1.14 bits per heavy atom. The van der Waals surface area contributed by atoms with E-state index in [9.17, 15) is 0 Å². The summed E-state index contributed by atoms with van der Waals surface area (Å²) in [6.07, 6.45) is 4.99. The van der Waals surface area contributed by atoms with Crippen molar-refractivity contribution in [2.75, 3.05) is 13.1 Å². The molecule has 0 amide bonds. The first kappa shape index (κ1) is 13.0. The van der Waals surface area contributed by atoms with Crippen LogP contribution in [-0.2, 0) is 0 Å². The first-order valence-electron chi connectivity index (χ1n) is 5.38. The molecule has 0 spiro atoms. The molecule has 0 unspecified atom stereocenters. The Balaban J connectivity index is 4.13. The van der Waals surface area contributed by atoms with E-state index < -0.39 is 0 Å². The fraction of sp³-hybridized carbons (Fsp3) is 0.538. The smallest absolute Gasteiger partial charge is 0.0172 e. The maximum absolute atomic E-state index is 4.10. The fourth-order valence-corrected chi connectivity index (χ4v) is 1.41. The van der Waals surface area contributed by atoms with E-state index in [0.29, 0.717) is 0 Å². The molecule has 0 saturated carbocycles. The standard InChI is InChI=1S/C13H23N/c1-6-9-14(10-7-2)13(5)11-12(4)8-3/h8H,3-7,9-11H2,1-2H3. The summed E-state index contributed by atoms with van der Waals surface area (Å²) >= 11 is 0. The van der Waals surface area contributed by atoms with Crippen molar-refractivity contribution in [2.24, 2.45) is 0 Å². The van der Waals surface area contributed by atoms with Gasteiger partial charge in [0.15, 0.2) is 0 Å². The molecule has 0 aromatic rings. The monoisotopic (exact) mass is 193 g/mol. The highest BCUT2D eigenvalue weighted by atomic mass is 15.1. The quantitative estimate of drug-likeness (QED) is 0.531. The lowest BCUT2D eigenvalue weighted by atomic mass is 10.1. The average Bonchev–Trinajstić information content (AvgIpc) is 2.17. The average molecular weight is 193 g/mol. The number of allylic oxidation sites excluding steroid dienone is 2. The van der Waals surface area contributed by atoms with E-state index in [4.69, 9.17) is 0 Å². The summed E-state index contributed by atoms with van der Waals surface area (Å²) in [4.78, 5) is 2.34. The number of rotatable bonds is 8. The SMILES string of the molecule is C=CC(=C)CC(=C)N(CCC)CCC. The molecule has 0 aliphatic rings. The van der Waals surface area contributed by atoms with Crippen molar-refractivity contribution in [3.8, 4) is 0 Å². The van der Waals surface area contributed by atoms with Gasteiger partial charge in [0.25, 0.3) is 0 Å². The largest absolute Gasteiger partial charge is 0.375 e. The molecule has 0 saturated heterocycles. The summed E-state index contributed by atoms with van der Waals surface area (Å²) < 4.78 is 0. The van der Waals surface area contributed by atoms with Gasteiger partial charge < -0.3 is 4.90 Å². The number of nitrogens with zero attached hydrogens (tertiary/aromatic N) is 1. The molecule has 1 heteroatoms. The highest BCUT2D eigenvalue weighted by Crippen LogP contribution is 2.13. The van der Waals surface area contributed by atoms with Crippen molar-refractivity contribution < 1.29 is 0 Å². The molecule has 0 radical (unpaired) electrons. The second-order valence-electron chi connectivity index (χ2n) is 3.59. The van der Waals surface area contributed by atoms with Crippen molar-refractivity contribution in [2.45, 2.75) is 33.1 Å². The van der Waals surface area contributed by atoms with Crippen LogP contribution >= 0.6 is 0 Å². The summed E-state index contributed by atoms with van der Waals surface area (Å²) in [6.45, 7) is 18.3. The minimum absolute atomic E-state index is 0.851. The zero-order valence-electron chi connectivity index (χ0n) is 9.68. The normalized spacial score (nSPS) is 9.57. The molecule has 0 rings (SSSR count). The lowest BCUT2D eigenvalue weighted by molar-refractivity contribution is 0.339. The summed E-state index contributed by atoms with van der Waals surface area (Å²) in [6, 6.07) is 0. The topological polar surface area (TPSA) is 3.24 Å². The van der Waals surface area contributed by atoms with E-state index in [0.717, 1.165) is 25.1 Å². The summed E-state index contributed by atoms with van der Waals surface area (Å²) in [5, 5.41) is 0. The Bertz CT molecular complexity index is 197. The molecule has 0 fully saturated rings. The van der Waals surface area contributed by atoms with Crippen molar-refractivity contribution in [3.63, 3.8) is 0 Å². The van der Waals surface area contributed by atoms with Gasteiger partial charge in [-0.2, -0.15) is 0 Å². The van der Waals surface area contributed by atoms with E-state index in [1.54, 1.807) is 6.08 Å². The van der Waals surface area contributed by atoms with E-state index in [1.807, 2.05) is 0 Å². The summed E-state index contributed by atoms with van der Waals surface area (Å²) in [7, 11) is 0. The highest BCUT2D eigenvalue weighted by molar-refractivity contribution is 5.18. The third-order valence-corrected chi connectivity index (χ3v) is 2.15. The third-order valence-electron chi connectivity index (χ3n) is 2.15. The van der Waals surface area contributed by atoms with E-state index in [1.165, 1.54) is 18.5 Å². The van der Waals surface area contributed by atoms with Crippen LogP contribution in [0.15, 0.2) is 37.1 Å². The molecule has 0 aliphatic heterocycles. The van der Waals surface area contributed by atoms with Crippen LogP contribution < -0.4 is 0 Å². The van der Waals surface area contributed by atoms with Gasteiger partial charge in [-0.25, -0.2) is 0 Å². The van der Waals surface area contributed by atoms with Gasteiger partial charge in [-0.3, -0.25) is 0 Å². The van der Waals surface area contributed by atoms with Crippen LogP contribution in [0.2, 0.25) is 0 Å². The van der Waals surface area contributed by atoms with Crippen LogP contribution in [0, 0.1) is 0 Å². The minimum atomic E-state index is 0.851. The molecule has 1 nitrogen and oxygen atoms in total. The Kier molecular flexibility index (Phi) is 6.91. The van der Waals surface area contributed by atoms with Gasteiger partial charge >= 0.3 is 0 Å². The molecule has 0 aromatic carbocycles. The lowest BCUT2D eigenvalue weighted by Crippen LogP contribution is -2.24. The number of hydrogen-bond donors (Lipinski definition) is 0. The first-order valence-corrected chi connectivity index (χ1v) is 5.38. The Labute approximate surface area is 88.8 Å². The van der Waals surface area contributed by atoms with Crippen molar-refractivity contribution in [1.29, 1.82) is 0 Å². The van der Waals surface area contributed by atoms with E-state index in [2.05, 4.69) is 38.5 Å². The van der Waals surface area contributed by atoms with E-state index >= 15 is 0 Å². The molecule has 0 aliphatic carbocycles. The van der Waals surface area contributed by atoms with Gasteiger partial charge in [-0.15, -0.1) is 0 Å². The van der Waals surface area contributed by atoms with Gasteiger partial charge in [-0.05, 0) is 18.4 Å². The predicted molar refractivity (Wildman–Crippen MR) is 65.2 cm³/mol. The molecule has 14 heavy (non-hydrogen) atoms. The maximum Gasteiger partial charge on any atom is 0.0172 e. The van der Waals surface area contributed by atoms with Gasteiger partial charge in [0.05, 0.1) is 0 Å². The molecular weight excluding hydrogens is 170 g/mol. The third kappa shape index (κ3) is 4.90. The zero-order valence-corrected chi connectivity index (χ0v) is 9.68. The molecule has 0 atom stereocenters. The van der Waals surface area contributed by atoms with Gasteiger partial charge in [-0.1, -0.05) is 39.7 Å². The van der Waals surface area contributed by atoms with Crippen molar-refractivity contribution >= 4 is 0 Å². The van der Waals surface area contributed by atoms with Crippen molar-refractivity contribution in [1.82, 2.24) is 4.90 Å². The molecule has 0 heterocycles. The summed E-state index contributed by atoms with van der Waals surface area (Å²) in [5.41, 5.74) is 2.21. The molecule has 0 N–H and O–H groups in total. The summed E-state index contributed by atoms with van der Waals surface area (Å²) in [5.74, 6) is 0. The second kappa shape index (κ2) is 7.43. The van der Waals surface area contributed by atoms with Crippen LogP contribution in [0.4, 0.5) is 0 Å². The van der Waals surface area contributed by atoms with Gasteiger partial charge in [0.2, 0.25) is 0 Å². The van der Waals surface area contributed by atoms with Crippen LogP contribution in [0.5, 0.6) is 0 Å². The predicted octanol–water partition coefficient (Wildman–Crippen LogP) is 3.75. The fourth-order valence-electron chi connectivity index (χ4n) is 1.41. The maximum atomic E-state index is 4.10. The van der Waals surface area contributed by atoms with E-state index in [-0.39, 0.29) is 0 Å². The molecule has 80 valence electrons. The Hall–Kier alpha value is -0.980.